The third-order valence-electron chi connectivity index (χ3n) is 5.01. The SMILES string of the molecule is Cc1cc(NCc2nc3c(s2)CCC3)cc(N2CCN(C)CC2)c1. The molecule has 24 heavy (non-hydrogen) atoms. The summed E-state index contributed by atoms with van der Waals surface area (Å²) in [6.45, 7) is 7.52. The van der Waals surface area contributed by atoms with Gasteiger partial charge in [-0.25, -0.2) is 4.98 Å². The summed E-state index contributed by atoms with van der Waals surface area (Å²) in [5.74, 6) is 0. The van der Waals surface area contributed by atoms with Gasteiger partial charge in [0.2, 0.25) is 0 Å². The number of anilines is 2. The fraction of sp³-hybridized carbons (Fsp3) is 0.526. The molecule has 2 aromatic rings. The van der Waals surface area contributed by atoms with Crippen LogP contribution in [0.15, 0.2) is 18.2 Å². The largest absolute Gasteiger partial charge is 0.378 e. The maximum atomic E-state index is 4.79. The molecule has 0 spiro atoms. The highest BCUT2D eigenvalue weighted by molar-refractivity contribution is 7.11. The standard InChI is InChI=1S/C19H26N4S/c1-14-10-15(12-16(11-14)23-8-6-22(2)7-9-23)20-13-19-21-17-4-3-5-18(17)24-19/h10-12,20H,3-9,13H2,1-2H3. The maximum absolute atomic E-state index is 4.79. The van der Waals surface area contributed by atoms with Gasteiger partial charge in [0.25, 0.3) is 0 Å². The third kappa shape index (κ3) is 3.42. The second-order valence-electron chi connectivity index (χ2n) is 7.03. The van der Waals surface area contributed by atoms with Crippen LogP contribution in [0.25, 0.3) is 0 Å². The molecule has 0 bridgehead atoms. The van der Waals surface area contributed by atoms with Gasteiger partial charge in [0.15, 0.2) is 0 Å². The summed E-state index contributed by atoms with van der Waals surface area (Å²) in [5.41, 5.74) is 5.21. The Hall–Kier alpha value is -1.59. The number of nitrogens with one attached hydrogen (secondary N) is 1. The molecule has 1 N–H and O–H groups in total. The van der Waals surface area contributed by atoms with Crippen molar-refractivity contribution in [3.63, 3.8) is 0 Å². The van der Waals surface area contributed by atoms with E-state index < -0.39 is 0 Å². The van der Waals surface area contributed by atoms with E-state index in [0.29, 0.717) is 0 Å². The average molecular weight is 343 g/mol. The predicted octanol–water partition coefficient (Wildman–Crippen LogP) is 3.30. The van der Waals surface area contributed by atoms with Gasteiger partial charge in [-0.3, -0.25) is 0 Å². The van der Waals surface area contributed by atoms with Crippen LogP contribution in [0.4, 0.5) is 11.4 Å². The van der Waals surface area contributed by atoms with Crippen molar-refractivity contribution >= 4 is 22.7 Å². The van der Waals surface area contributed by atoms with Crippen molar-refractivity contribution in [2.75, 3.05) is 43.4 Å². The van der Waals surface area contributed by atoms with Gasteiger partial charge in [0.1, 0.15) is 5.01 Å². The lowest BCUT2D eigenvalue weighted by atomic mass is 10.1. The van der Waals surface area contributed by atoms with E-state index in [1.165, 1.54) is 51.8 Å². The topological polar surface area (TPSA) is 31.4 Å². The molecule has 1 saturated heterocycles. The minimum Gasteiger partial charge on any atom is -0.378 e. The first-order chi connectivity index (χ1) is 11.7. The van der Waals surface area contributed by atoms with Crippen LogP contribution in [-0.2, 0) is 19.4 Å². The number of fused-ring (bicyclic) bond motifs is 1. The monoisotopic (exact) mass is 342 g/mol. The first-order valence-electron chi connectivity index (χ1n) is 8.94. The highest BCUT2D eigenvalue weighted by Gasteiger charge is 2.17. The molecule has 1 aliphatic heterocycles. The van der Waals surface area contributed by atoms with E-state index in [4.69, 9.17) is 4.98 Å². The van der Waals surface area contributed by atoms with E-state index >= 15 is 0 Å². The molecule has 128 valence electrons. The number of benzene rings is 1. The minimum absolute atomic E-state index is 0.837. The van der Waals surface area contributed by atoms with Gasteiger partial charge in [0.05, 0.1) is 12.2 Å². The Morgan fingerprint density at radius 1 is 1.12 bits per heavy atom. The Morgan fingerprint density at radius 3 is 2.75 bits per heavy atom. The molecule has 2 aliphatic rings. The lowest BCUT2D eigenvalue weighted by molar-refractivity contribution is 0.313. The van der Waals surface area contributed by atoms with Crippen molar-refractivity contribution in [2.24, 2.45) is 0 Å². The summed E-state index contributed by atoms with van der Waals surface area (Å²) in [5, 5.41) is 4.81. The van der Waals surface area contributed by atoms with Gasteiger partial charge < -0.3 is 15.1 Å². The molecule has 0 unspecified atom stereocenters. The summed E-state index contributed by atoms with van der Waals surface area (Å²) >= 11 is 1.89. The number of hydrogen-bond acceptors (Lipinski definition) is 5. The van der Waals surface area contributed by atoms with Crippen molar-refractivity contribution in [1.82, 2.24) is 9.88 Å². The van der Waals surface area contributed by atoms with Gasteiger partial charge in [-0.15, -0.1) is 11.3 Å². The zero-order valence-electron chi connectivity index (χ0n) is 14.6. The molecule has 0 atom stereocenters. The molecule has 1 aliphatic carbocycles. The van der Waals surface area contributed by atoms with E-state index in [0.717, 1.165) is 32.7 Å². The molecule has 2 heterocycles. The predicted molar refractivity (Wildman–Crippen MR) is 102 cm³/mol. The van der Waals surface area contributed by atoms with Crippen LogP contribution < -0.4 is 10.2 Å². The van der Waals surface area contributed by atoms with Crippen molar-refractivity contribution in [2.45, 2.75) is 32.7 Å². The van der Waals surface area contributed by atoms with Crippen molar-refractivity contribution in [3.05, 3.63) is 39.3 Å². The fourth-order valence-corrected chi connectivity index (χ4v) is 4.71. The van der Waals surface area contributed by atoms with Crippen LogP contribution in [0, 0.1) is 6.92 Å². The van der Waals surface area contributed by atoms with Gasteiger partial charge in [-0.05, 0) is 57.0 Å². The van der Waals surface area contributed by atoms with Crippen LogP contribution in [0.2, 0.25) is 0 Å². The number of nitrogens with zero attached hydrogens (tertiary/aromatic N) is 3. The molecule has 0 saturated carbocycles. The lowest BCUT2D eigenvalue weighted by Crippen LogP contribution is -2.44. The number of rotatable bonds is 4. The molecule has 4 nitrogen and oxygen atoms in total. The molecule has 1 fully saturated rings. The van der Waals surface area contributed by atoms with Crippen molar-refractivity contribution < 1.29 is 0 Å². The van der Waals surface area contributed by atoms with Crippen LogP contribution in [0.1, 0.15) is 27.6 Å². The second kappa shape index (κ2) is 6.73. The van der Waals surface area contributed by atoms with Gasteiger partial charge in [-0.2, -0.15) is 0 Å². The van der Waals surface area contributed by atoms with Gasteiger partial charge >= 0.3 is 0 Å². The summed E-state index contributed by atoms with van der Waals surface area (Å²) in [6, 6.07) is 6.83. The Morgan fingerprint density at radius 2 is 1.96 bits per heavy atom. The normalized spacial score (nSPS) is 18.0. The Labute approximate surface area is 148 Å². The van der Waals surface area contributed by atoms with Crippen LogP contribution in [0.5, 0.6) is 0 Å². The number of piperazine rings is 1. The number of thiazole rings is 1. The summed E-state index contributed by atoms with van der Waals surface area (Å²) in [7, 11) is 2.20. The Bertz CT molecular complexity index is 695. The smallest absolute Gasteiger partial charge is 0.112 e. The maximum Gasteiger partial charge on any atom is 0.112 e. The fourth-order valence-electron chi connectivity index (χ4n) is 3.61. The van der Waals surface area contributed by atoms with Crippen molar-refractivity contribution in [3.8, 4) is 0 Å². The molecule has 5 heteroatoms. The minimum atomic E-state index is 0.837. The van der Waals surface area contributed by atoms with E-state index in [9.17, 15) is 0 Å². The van der Waals surface area contributed by atoms with Crippen LogP contribution in [0.3, 0.4) is 0 Å². The molecular formula is C19H26N4S. The van der Waals surface area contributed by atoms with E-state index in [1.807, 2.05) is 11.3 Å². The average Bonchev–Trinajstić information content (AvgIpc) is 3.14. The summed E-state index contributed by atoms with van der Waals surface area (Å²) < 4.78 is 0. The highest BCUT2D eigenvalue weighted by Crippen LogP contribution is 2.28. The molecule has 1 aromatic heterocycles. The summed E-state index contributed by atoms with van der Waals surface area (Å²) in [6.07, 6.45) is 3.68. The second-order valence-corrected chi connectivity index (χ2v) is 8.20. The van der Waals surface area contributed by atoms with E-state index in [2.05, 4.69) is 47.3 Å². The molecule has 0 amide bonds. The zero-order chi connectivity index (χ0) is 16.5. The zero-order valence-corrected chi connectivity index (χ0v) is 15.5. The Balaban J connectivity index is 1.44. The van der Waals surface area contributed by atoms with Gasteiger partial charge in [-0.1, -0.05) is 0 Å². The quantitative estimate of drug-likeness (QED) is 0.924. The number of aryl methyl sites for hydroxylation is 3. The van der Waals surface area contributed by atoms with Crippen LogP contribution >= 0.6 is 11.3 Å². The summed E-state index contributed by atoms with van der Waals surface area (Å²) in [4.78, 5) is 11.2. The Kier molecular flexibility index (Phi) is 4.46. The molecular weight excluding hydrogens is 316 g/mol. The molecule has 0 radical (unpaired) electrons. The van der Waals surface area contributed by atoms with E-state index in [1.54, 1.807) is 0 Å². The lowest BCUT2D eigenvalue weighted by Gasteiger charge is -2.34. The van der Waals surface area contributed by atoms with Crippen LogP contribution in [-0.4, -0.2) is 43.1 Å². The van der Waals surface area contributed by atoms with E-state index in [-0.39, 0.29) is 0 Å². The first-order valence-corrected chi connectivity index (χ1v) is 9.75. The molecule has 4 rings (SSSR count). The highest BCUT2D eigenvalue weighted by atomic mass is 32.1. The van der Waals surface area contributed by atoms with Gasteiger partial charge in [0, 0.05) is 42.4 Å². The number of hydrogen-bond donors (Lipinski definition) is 1. The first kappa shape index (κ1) is 15.9. The number of aromatic nitrogens is 1. The van der Waals surface area contributed by atoms with Crippen molar-refractivity contribution in [1.29, 1.82) is 0 Å². The molecule has 1 aromatic carbocycles. The third-order valence-corrected chi connectivity index (χ3v) is 6.17. The number of likely N-dealkylation sites (N-methyl/N-ethyl adjacent to an activating group) is 1.